The van der Waals surface area contributed by atoms with E-state index in [-0.39, 0.29) is 0 Å². The van der Waals surface area contributed by atoms with E-state index in [2.05, 4.69) is 10.1 Å². The van der Waals surface area contributed by atoms with Gasteiger partial charge in [-0.3, -0.25) is 0 Å². The Bertz CT molecular complexity index is 686. The van der Waals surface area contributed by atoms with Crippen molar-refractivity contribution in [2.24, 2.45) is 0 Å². The van der Waals surface area contributed by atoms with Crippen LogP contribution in [-0.2, 0) is 0 Å². The minimum atomic E-state index is 0.729. The van der Waals surface area contributed by atoms with E-state index in [0.717, 1.165) is 28.5 Å². The topological polar surface area (TPSA) is 39.4 Å². The van der Waals surface area contributed by atoms with Gasteiger partial charge < -0.3 is 4.74 Å². The zero-order chi connectivity index (χ0) is 12.5. The molecular weight excluding hydrogens is 226 g/mol. The third-order valence-corrected chi connectivity index (χ3v) is 2.90. The molecule has 1 aromatic carbocycles. The number of ether oxygens (including phenoxy) is 1. The largest absolute Gasteiger partial charge is 0.497 e. The van der Waals surface area contributed by atoms with Crippen molar-refractivity contribution in [2.75, 3.05) is 7.11 Å². The van der Waals surface area contributed by atoms with Gasteiger partial charge in [0.1, 0.15) is 5.75 Å². The monoisotopic (exact) mass is 239 g/mol. The summed E-state index contributed by atoms with van der Waals surface area (Å²) in [7, 11) is 1.65. The summed E-state index contributed by atoms with van der Waals surface area (Å²) in [5.41, 5.74) is 2.92. The number of rotatable bonds is 2. The molecule has 0 N–H and O–H groups in total. The molecular formula is C14H13N3O. The maximum absolute atomic E-state index is 5.14. The Balaban J connectivity index is 2.10. The molecule has 90 valence electrons. The van der Waals surface area contributed by atoms with E-state index in [9.17, 15) is 0 Å². The summed E-state index contributed by atoms with van der Waals surface area (Å²) in [6, 6.07) is 13.7. The highest BCUT2D eigenvalue weighted by atomic mass is 16.5. The number of methoxy groups -OCH3 is 1. The zero-order valence-corrected chi connectivity index (χ0v) is 10.3. The van der Waals surface area contributed by atoms with Gasteiger partial charge in [0.2, 0.25) is 0 Å². The van der Waals surface area contributed by atoms with Crippen LogP contribution in [0.4, 0.5) is 0 Å². The van der Waals surface area contributed by atoms with E-state index in [1.807, 2.05) is 53.9 Å². The SMILES string of the molecule is COc1ccc(-c2nc3cccc(C)n3n2)cc1. The fourth-order valence-corrected chi connectivity index (χ4v) is 1.90. The van der Waals surface area contributed by atoms with Crippen molar-refractivity contribution in [3.05, 3.63) is 48.2 Å². The minimum absolute atomic E-state index is 0.729. The predicted molar refractivity (Wildman–Crippen MR) is 69.7 cm³/mol. The highest BCUT2D eigenvalue weighted by molar-refractivity contribution is 5.59. The lowest BCUT2D eigenvalue weighted by Crippen LogP contribution is -1.91. The summed E-state index contributed by atoms with van der Waals surface area (Å²) in [5, 5.41) is 4.50. The van der Waals surface area contributed by atoms with E-state index in [1.165, 1.54) is 0 Å². The Kier molecular flexibility index (Phi) is 2.48. The Labute approximate surface area is 105 Å². The average Bonchev–Trinajstić information content (AvgIpc) is 2.84. The Morgan fingerprint density at radius 2 is 1.83 bits per heavy atom. The van der Waals surface area contributed by atoms with Gasteiger partial charge in [0, 0.05) is 11.3 Å². The molecule has 0 saturated carbocycles. The van der Waals surface area contributed by atoms with Crippen molar-refractivity contribution in [1.82, 2.24) is 14.6 Å². The Morgan fingerprint density at radius 3 is 2.50 bits per heavy atom. The van der Waals surface area contributed by atoms with Crippen molar-refractivity contribution in [3.8, 4) is 17.1 Å². The first-order valence-electron chi connectivity index (χ1n) is 5.75. The molecule has 0 amide bonds. The van der Waals surface area contributed by atoms with Gasteiger partial charge in [0.05, 0.1) is 7.11 Å². The van der Waals surface area contributed by atoms with Gasteiger partial charge in [-0.1, -0.05) is 6.07 Å². The van der Waals surface area contributed by atoms with Crippen molar-refractivity contribution in [1.29, 1.82) is 0 Å². The molecule has 2 aromatic heterocycles. The third-order valence-electron chi connectivity index (χ3n) is 2.90. The summed E-state index contributed by atoms with van der Waals surface area (Å²) in [6.07, 6.45) is 0. The number of hydrogen-bond acceptors (Lipinski definition) is 3. The van der Waals surface area contributed by atoms with Gasteiger partial charge in [-0.25, -0.2) is 9.50 Å². The van der Waals surface area contributed by atoms with E-state index in [1.54, 1.807) is 7.11 Å². The van der Waals surface area contributed by atoms with Crippen LogP contribution in [0.25, 0.3) is 17.0 Å². The number of hydrogen-bond donors (Lipinski definition) is 0. The summed E-state index contributed by atoms with van der Waals surface area (Å²) < 4.78 is 6.98. The second-order valence-electron chi connectivity index (χ2n) is 4.10. The molecule has 4 heteroatoms. The van der Waals surface area contributed by atoms with E-state index < -0.39 is 0 Å². The molecule has 0 unspecified atom stereocenters. The molecule has 4 nitrogen and oxygen atoms in total. The van der Waals surface area contributed by atoms with Gasteiger partial charge in [0.15, 0.2) is 11.5 Å². The predicted octanol–water partition coefficient (Wildman–Crippen LogP) is 2.71. The molecule has 18 heavy (non-hydrogen) atoms. The zero-order valence-electron chi connectivity index (χ0n) is 10.3. The minimum Gasteiger partial charge on any atom is -0.497 e. The fourth-order valence-electron chi connectivity index (χ4n) is 1.90. The number of pyridine rings is 1. The molecule has 0 aliphatic rings. The van der Waals surface area contributed by atoms with Crippen LogP contribution in [0.2, 0.25) is 0 Å². The number of fused-ring (bicyclic) bond motifs is 1. The molecule has 3 aromatic rings. The molecule has 0 radical (unpaired) electrons. The maximum atomic E-state index is 5.14. The quantitative estimate of drug-likeness (QED) is 0.690. The lowest BCUT2D eigenvalue weighted by Gasteiger charge is -1.99. The van der Waals surface area contributed by atoms with Crippen LogP contribution in [0.3, 0.4) is 0 Å². The standard InChI is InChI=1S/C14H13N3O/c1-10-4-3-5-13-15-14(16-17(10)13)11-6-8-12(18-2)9-7-11/h3-9H,1-2H3. The first-order valence-corrected chi connectivity index (χ1v) is 5.75. The van der Waals surface area contributed by atoms with Crippen LogP contribution >= 0.6 is 0 Å². The van der Waals surface area contributed by atoms with Crippen molar-refractivity contribution >= 4 is 5.65 Å². The van der Waals surface area contributed by atoms with Crippen LogP contribution in [0.15, 0.2) is 42.5 Å². The molecule has 3 rings (SSSR count). The first kappa shape index (κ1) is 10.8. The highest BCUT2D eigenvalue weighted by Gasteiger charge is 2.07. The van der Waals surface area contributed by atoms with Gasteiger partial charge in [-0.15, -0.1) is 5.10 Å². The summed E-state index contributed by atoms with van der Waals surface area (Å²) in [4.78, 5) is 4.51. The number of aromatic nitrogens is 3. The van der Waals surface area contributed by atoms with Crippen LogP contribution in [0.5, 0.6) is 5.75 Å². The molecule has 0 fully saturated rings. The van der Waals surface area contributed by atoms with E-state index >= 15 is 0 Å². The maximum Gasteiger partial charge on any atom is 0.182 e. The van der Waals surface area contributed by atoms with Gasteiger partial charge in [0.25, 0.3) is 0 Å². The molecule has 0 bridgehead atoms. The molecule has 0 aliphatic carbocycles. The molecule has 2 heterocycles. The molecule has 0 atom stereocenters. The van der Waals surface area contributed by atoms with Crippen LogP contribution in [0.1, 0.15) is 5.69 Å². The van der Waals surface area contributed by atoms with Crippen LogP contribution < -0.4 is 4.74 Å². The highest BCUT2D eigenvalue weighted by Crippen LogP contribution is 2.20. The summed E-state index contributed by atoms with van der Waals surface area (Å²) in [6.45, 7) is 2.01. The lowest BCUT2D eigenvalue weighted by molar-refractivity contribution is 0.415. The number of aryl methyl sites for hydroxylation is 1. The molecule has 0 aliphatic heterocycles. The first-order chi connectivity index (χ1) is 8.78. The Hall–Kier alpha value is -2.36. The van der Waals surface area contributed by atoms with Crippen LogP contribution in [-0.4, -0.2) is 21.7 Å². The normalized spacial score (nSPS) is 10.8. The summed E-state index contributed by atoms with van der Waals surface area (Å²) in [5.74, 6) is 1.56. The van der Waals surface area contributed by atoms with Gasteiger partial charge >= 0.3 is 0 Å². The van der Waals surface area contributed by atoms with Crippen molar-refractivity contribution < 1.29 is 4.74 Å². The molecule has 0 spiro atoms. The lowest BCUT2D eigenvalue weighted by atomic mass is 10.2. The second-order valence-corrected chi connectivity index (χ2v) is 4.10. The second kappa shape index (κ2) is 4.14. The van der Waals surface area contributed by atoms with Crippen molar-refractivity contribution in [2.45, 2.75) is 6.92 Å². The number of benzene rings is 1. The fraction of sp³-hybridized carbons (Fsp3) is 0.143. The number of nitrogens with zero attached hydrogens (tertiary/aromatic N) is 3. The van der Waals surface area contributed by atoms with Crippen molar-refractivity contribution in [3.63, 3.8) is 0 Å². The van der Waals surface area contributed by atoms with E-state index in [0.29, 0.717) is 0 Å². The molecule has 0 saturated heterocycles. The van der Waals surface area contributed by atoms with Gasteiger partial charge in [-0.2, -0.15) is 0 Å². The Morgan fingerprint density at radius 1 is 1.06 bits per heavy atom. The third kappa shape index (κ3) is 1.72. The van der Waals surface area contributed by atoms with Gasteiger partial charge in [-0.05, 0) is 43.3 Å². The average molecular weight is 239 g/mol. The smallest absolute Gasteiger partial charge is 0.182 e. The van der Waals surface area contributed by atoms with Crippen LogP contribution in [0, 0.1) is 6.92 Å². The van der Waals surface area contributed by atoms with E-state index in [4.69, 9.17) is 4.74 Å². The summed E-state index contributed by atoms with van der Waals surface area (Å²) >= 11 is 0.